The molecule has 0 saturated carbocycles. The van der Waals surface area contributed by atoms with Crippen LogP contribution in [0.3, 0.4) is 0 Å². The van der Waals surface area contributed by atoms with Gasteiger partial charge in [0.1, 0.15) is 0 Å². The van der Waals surface area contributed by atoms with Crippen molar-refractivity contribution in [3.05, 3.63) is 51.6 Å². The molecule has 0 unspecified atom stereocenters. The van der Waals surface area contributed by atoms with E-state index in [1.54, 1.807) is 46.7 Å². The lowest BCUT2D eigenvalue weighted by atomic mass is 10.1. The summed E-state index contributed by atoms with van der Waals surface area (Å²) in [6.45, 7) is 61.1. The lowest BCUT2D eigenvalue weighted by Gasteiger charge is -2.45. The third-order valence-electron chi connectivity index (χ3n) is 11.1. The summed E-state index contributed by atoms with van der Waals surface area (Å²) in [4.78, 5) is 0. The van der Waals surface area contributed by atoms with Crippen LogP contribution in [0.2, 0.25) is 118 Å². The van der Waals surface area contributed by atoms with Crippen molar-refractivity contribution in [2.24, 2.45) is 0 Å². The molecule has 0 spiro atoms. The Hall–Kier alpha value is -0.532. The Morgan fingerprint density at radius 1 is 0.300 bits per heavy atom. The van der Waals surface area contributed by atoms with Crippen molar-refractivity contribution in [3.63, 3.8) is 0 Å². The second-order valence-corrected chi connectivity index (χ2v) is 56.6. The van der Waals surface area contributed by atoms with E-state index in [2.05, 4.69) is 178 Å². The van der Waals surface area contributed by atoms with Gasteiger partial charge in [0.25, 0.3) is 0 Å². The highest BCUT2D eigenvalue weighted by Crippen LogP contribution is 2.25. The average molecular weight is 812 g/mol. The Balaban J connectivity index is 3.14. The Morgan fingerprint density at radius 3 is 0.620 bits per heavy atom. The molecule has 8 heteroatoms. The maximum Gasteiger partial charge on any atom is 0.248 e. The van der Waals surface area contributed by atoms with Crippen LogP contribution < -0.4 is 46.7 Å². The van der Waals surface area contributed by atoms with Crippen molar-refractivity contribution >= 4 is 114 Å². The molecule has 0 aromatic heterocycles. The highest BCUT2D eigenvalue weighted by atomic mass is 35.6. The number of halogens is 1. The first-order chi connectivity index (χ1) is 22.0. The van der Waals surface area contributed by atoms with Crippen LogP contribution in [0.4, 0.5) is 0 Å². The molecule has 0 aliphatic heterocycles. The van der Waals surface area contributed by atoms with E-state index >= 15 is 0 Å². The lowest BCUT2D eigenvalue weighted by Crippen LogP contribution is -2.81. The van der Waals surface area contributed by atoms with Crippen LogP contribution >= 0.6 is 11.1 Å². The summed E-state index contributed by atoms with van der Waals surface area (Å²) in [7, 11) is -14.1. The Bertz CT molecular complexity index is 1600. The van der Waals surface area contributed by atoms with E-state index in [9.17, 15) is 11.1 Å². The quantitative estimate of drug-likeness (QED) is 0.117. The van der Waals surface area contributed by atoms with Crippen molar-refractivity contribution in [1.82, 2.24) is 0 Å². The predicted molar refractivity (Wildman–Crippen MR) is 256 cm³/mol. The molecule has 3 aromatic carbocycles. The average Bonchev–Trinajstić information content (AvgIpc) is 2.86. The maximum absolute atomic E-state index is 9.50. The Morgan fingerprint density at radius 2 is 0.480 bits per heavy atom. The first-order valence-electron chi connectivity index (χ1n) is 19.2. The van der Waals surface area contributed by atoms with Crippen LogP contribution in [0.1, 0.15) is 33.4 Å². The van der Waals surface area contributed by atoms with Gasteiger partial charge < -0.3 is 0 Å². The Labute approximate surface area is 322 Å². The van der Waals surface area contributed by atoms with Gasteiger partial charge in [0.2, 0.25) is 7.38 Å². The molecule has 0 bridgehead atoms. The third-order valence-corrected chi connectivity index (χ3v) is 30.3. The molecule has 0 atom stereocenters. The summed E-state index contributed by atoms with van der Waals surface area (Å²) in [6, 6.07) is 7.86. The van der Waals surface area contributed by atoms with Crippen LogP contribution in [0.5, 0.6) is 0 Å². The largest absolute Gasteiger partial charge is 0.248 e. The van der Waals surface area contributed by atoms with E-state index in [0.29, 0.717) is 0 Å². The van der Waals surface area contributed by atoms with Crippen molar-refractivity contribution in [2.45, 2.75) is 159 Å². The molecule has 0 N–H and O–H groups in total. The molecule has 0 aliphatic rings. The summed E-state index contributed by atoms with van der Waals surface area (Å²) >= 11 is 9.50. The summed E-state index contributed by atoms with van der Waals surface area (Å²) < 4.78 is 0. The van der Waals surface area contributed by atoms with Gasteiger partial charge in [-0.15, -0.1) is 11.1 Å². The van der Waals surface area contributed by atoms with Gasteiger partial charge in [-0.25, -0.2) is 0 Å². The molecule has 3 aromatic rings. The van der Waals surface area contributed by atoms with Crippen molar-refractivity contribution in [1.29, 1.82) is 0 Å². The molecule has 0 heterocycles. The van der Waals surface area contributed by atoms with Gasteiger partial charge in [-0.1, -0.05) is 201 Å². The van der Waals surface area contributed by atoms with Gasteiger partial charge in [0.15, 0.2) is 0 Å². The molecule has 3 rings (SSSR count). The standard InChI is InChI=1S/C42H75ClSi7/c1-28-25-34(44(7,8)9)31(4)40(37(28)47(16,17)18)50(43,41-32(5)35(45(10,11)12)26-29(2)38(41)48(19,20)21)42-33(6)36(46(13,14)15)27-30(3)39(42)49(22,23)24/h25-27H,1-24H3. The molecule has 0 radical (unpaired) electrons. The zero-order valence-corrected chi connectivity index (χ0v) is 44.9. The number of aryl methyl sites for hydroxylation is 3. The van der Waals surface area contributed by atoms with Crippen LogP contribution in [0.25, 0.3) is 0 Å². The van der Waals surface area contributed by atoms with E-state index in [-0.39, 0.29) is 0 Å². The number of hydrogen-bond donors (Lipinski definition) is 0. The minimum atomic E-state index is -3.26. The van der Waals surface area contributed by atoms with Crippen molar-refractivity contribution in [3.8, 4) is 0 Å². The Kier molecular flexibility index (Phi) is 12.0. The topological polar surface area (TPSA) is 0 Å². The van der Waals surface area contributed by atoms with Gasteiger partial charge in [0.05, 0.1) is 48.4 Å². The van der Waals surface area contributed by atoms with Crippen LogP contribution in [-0.4, -0.2) is 55.8 Å². The lowest BCUT2D eigenvalue weighted by molar-refractivity contribution is 1.43. The van der Waals surface area contributed by atoms with E-state index < -0.39 is 55.8 Å². The van der Waals surface area contributed by atoms with E-state index in [0.717, 1.165) is 0 Å². The van der Waals surface area contributed by atoms with Crippen LogP contribution in [0.15, 0.2) is 18.2 Å². The van der Waals surface area contributed by atoms with Gasteiger partial charge in [-0.3, -0.25) is 0 Å². The van der Waals surface area contributed by atoms with E-state index in [4.69, 9.17) is 0 Å². The highest BCUT2D eigenvalue weighted by molar-refractivity contribution is 7.43. The van der Waals surface area contributed by atoms with Gasteiger partial charge in [-0.05, 0) is 57.1 Å². The van der Waals surface area contributed by atoms with E-state index in [1.165, 1.54) is 33.4 Å². The number of rotatable bonds is 9. The highest BCUT2D eigenvalue weighted by Gasteiger charge is 2.52. The zero-order chi connectivity index (χ0) is 39.3. The van der Waals surface area contributed by atoms with Gasteiger partial charge >= 0.3 is 0 Å². The molecule has 0 amide bonds. The van der Waals surface area contributed by atoms with Crippen molar-refractivity contribution in [2.75, 3.05) is 0 Å². The minimum Gasteiger partial charge on any atom is -0.149 e. The number of hydrogen-bond acceptors (Lipinski definition) is 0. The first kappa shape index (κ1) is 43.9. The third kappa shape index (κ3) is 7.96. The van der Waals surface area contributed by atoms with Crippen LogP contribution in [0, 0.1) is 41.5 Å². The SMILES string of the molecule is Cc1cc([Si](C)(C)C)c(C)c([Si](Cl)(c2c(C)c([Si](C)(C)C)cc(C)c2[Si](C)(C)C)c2c(C)c([Si](C)(C)C)cc(C)c2[Si](C)(C)C)c1[Si](C)(C)C. The molecule has 0 nitrogen and oxygen atoms in total. The van der Waals surface area contributed by atoms with Gasteiger partial charge in [0, 0.05) is 0 Å². The van der Waals surface area contributed by atoms with E-state index in [1.807, 2.05) is 0 Å². The monoisotopic (exact) mass is 810 g/mol. The molecular weight excluding hydrogens is 737 g/mol. The summed E-state index contributed by atoms with van der Waals surface area (Å²) in [6.07, 6.45) is 0. The van der Waals surface area contributed by atoms with Crippen LogP contribution in [-0.2, 0) is 0 Å². The van der Waals surface area contributed by atoms with Gasteiger partial charge in [-0.2, -0.15) is 0 Å². The smallest absolute Gasteiger partial charge is 0.149 e. The molecule has 278 valence electrons. The molecular formula is C42H75ClSi7. The number of benzene rings is 3. The summed E-state index contributed by atoms with van der Waals surface area (Å²) in [5.74, 6) is 0. The zero-order valence-electron chi connectivity index (χ0n) is 37.1. The van der Waals surface area contributed by atoms with Crippen molar-refractivity contribution < 1.29 is 0 Å². The fraction of sp³-hybridized carbons (Fsp3) is 0.571. The maximum atomic E-state index is 9.50. The first-order valence-corrected chi connectivity index (χ1v) is 43.2. The molecule has 0 fully saturated rings. The molecule has 0 saturated heterocycles. The fourth-order valence-corrected chi connectivity index (χ4v) is 34.5. The molecule has 0 aliphatic carbocycles. The summed E-state index contributed by atoms with van der Waals surface area (Å²) in [5, 5.41) is 14.6. The molecule has 50 heavy (non-hydrogen) atoms. The second-order valence-electron chi connectivity index (χ2n) is 22.0. The minimum absolute atomic E-state index is 1.50. The predicted octanol–water partition coefficient (Wildman–Crippen LogP) is 8.01. The second kappa shape index (κ2) is 13.6. The fourth-order valence-electron chi connectivity index (χ4n) is 9.65. The summed E-state index contributed by atoms with van der Waals surface area (Å²) in [5.41, 5.74) is 9.08. The normalized spacial score (nSPS) is 14.1.